The summed E-state index contributed by atoms with van der Waals surface area (Å²) in [5.41, 5.74) is 10.3. The van der Waals surface area contributed by atoms with E-state index >= 15 is 0 Å². The molecule has 0 aliphatic heterocycles. The van der Waals surface area contributed by atoms with Crippen LogP contribution in [0.15, 0.2) is 59.7 Å². The van der Waals surface area contributed by atoms with Gasteiger partial charge in [-0.3, -0.25) is 0 Å². The molecule has 0 heterocycles. The minimum Gasteiger partial charge on any atom is -0.0679 e. The average Bonchev–Trinajstić information content (AvgIpc) is 3.02. The van der Waals surface area contributed by atoms with Gasteiger partial charge in [0.2, 0.25) is 0 Å². The Morgan fingerprint density at radius 3 is 1.48 bits per heavy atom. The van der Waals surface area contributed by atoms with Crippen LogP contribution >= 0.6 is 0 Å². The standard InChI is InChI=1S/C22H24Si/c1-15-13-17-9-5-7-11-19(17)21(15)23(3,4)22-16(2)14-18-10-6-8-12-20(18)22/h5-14,21-22H,1-4H3. The number of hydrogen-bond acceptors (Lipinski definition) is 0. The highest BCUT2D eigenvalue weighted by Crippen LogP contribution is 2.51. The van der Waals surface area contributed by atoms with Crippen molar-refractivity contribution in [2.75, 3.05) is 0 Å². The SMILES string of the molecule is CC1=Cc2ccccc2C1[Si](C)(C)C1C(C)=Cc2ccccc21. The van der Waals surface area contributed by atoms with E-state index in [1.165, 1.54) is 11.1 Å². The van der Waals surface area contributed by atoms with Crippen molar-refractivity contribution in [1.29, 1.82) is 0 Å². The van der Waals surface area contributed by atoms with Crippen LogP contribution in [0.5, 0.6) is 0 Å². The van der Waals surface area contributed by atoms with Gasteiger partial charge in [0, 0.05) is 11.1 Å². The molecule has 0 nitrogen and oxygen atoms in total. The van der Waals surface area contributed by atoms with Crippen LogP contribution < -0.4 is 0 Å². The molecule has 116 valence electrons. The van der Waals surface area contributed by atoms with E-state index in [1.54, 1.807) is 22.3 Å². The van der Waals surface area contributed by atoms with Crippen molar-refractivity contribution in [3.63, 3.8) is 0 Å². The molecular weight excluding hydrogens is 292 g/mol. The first-order valence-electron chi connectivity index (χ1n) is 8.54. The third-order valence-electron chi connectivity index (χ3n) is 5.78. The Balaban J connectivity index is 1.84. The zero-order chi connectivity index (χ0) is 16.2. The monoisotopic (exact) mass is 316 g/mol. The Bertz CT molecular complexity index is 769. The average molecular weight is 317 g/mol. The van der Waals surface area contributed by atoms with E-state index in [1.807, 2.05) is 0 Å². The molecule has 0 saturated heterocycles. The second-order valence-corrected chi connectivity index (χ2v) is 12.5. The van der Waals surface area contributed by atoms with Crippen molar-refractivity contribution in [1.82, 2.24) is 0 Å². The van der Waals surface area contributed by atoms with Crippen LogP contribution in [-0.4, -0.2) is 8.07 Å². The molecule has 2 aliphatic carbocycles. The summed E-state index contributed by atoms with van der Waals surface area (Å²) in [5.74, 6) is 0. The van der Waals surface area contributed by atoms with Crippen LogP contribution in [0.1, 0.15) is 47.2 Å². The van der Waals surface area contributed by atoms with E-state index in [0.717, 1.165) is 0 Å². The number of fused-ring (bicyclic) bond motifs is 2. The number of allylic oxidation sites excluding steroid dienone is 2. The predicted octanol–water partition coefficient (Wildman–Crippen LogP) is 6.17. The van der Waals surface area contributed by atoms with Crippen LogP contribution in [-0.2, 0) is 0 Å². The van der Waals surface area contributed by atoms with Crippen LogP contribution in [0.2, 0.25) is 13.1 Å². The molecule has 2 aromatic rings. The van der Waals surface area contributed by atoms with Gasteiger partial charge in [0.1, 0.15) is 0 Å². The molecule has 0 aromatic heterocycles. The minimum atomic E-state index is -1.60. The van der Waals surface area contributed by atoms with E-state index in [2.05, 4.69) is 87.6 Å². The maximum atomic E-state index is 2.58. The zero-order valence-corrected chi connectivity index (χ0v) is 15.4. The highest BCUT2D eigenvalue weighted by molar-refractivity contribution is 6.81. The van der Waals surface area contributed by atoms with Gasteiger partial charge in [-0.05, 0) is 36.1 Å². The van der Waals surface area contributed by atoms with Gasteiger partial charge in [0.15, 0.2) is 0 Å². The topological polar surface area (TPSA) is 0 Å². The fourth-order valence-electron chi connectivity index (χ4n) is 5.10. The van der Waals surface area contributed by atoms with Gasteiger partial charge in [-0.2, -0.15) is 0 Å². The normalized spacial score (nSPS) is 22.4. The predicted molar refractivity (Wildman–Crippen MR) is 103 cm³/mol. The summed E-state index contributed by atoms with van der Waals surface area (Å²) in [7, 11) is -1.60. The molecule has 0 spiro atoms. The maximum Gasteiger partial charge on any atom is 0.0722 e. The summed E-state index contributed by atoms with van der Waals surface area (Å²) in [5, 5.41) is 0. The molecule has 2 aliphatic rings. The molecule has 2 aromatic carbocycles. The van der Waals surface area contributed by atoms with Crippen molar-refractivity contribution in [2.45, 2.75) is 38.0 Å². The van der Waals surface area contributed by atoms with E-state index < -0.39 is 8.07 Å². The molecule has 0 amide bonds. The molecule has 2 unspecified atom stereocenters. The zero-order valence-electron chi connectivity index (χ0n) is 14.4. The second kappa shape index (κ2) is 5.07. The largest absolute Gasteiger partial charge is 0.0722 e. The van der Waals surface area contributed by atoms with Crippen molar-refractivity contribution in [2.24, 2.45) is 0 Å². The van der Waals surface area contributed by atoms with E-state index in [9.17, 15) is 0 Å². The molecule has 23 heavy (non-hydrogen) atoms. The molecule has 0 saturated carbocycles. The summed E-state index contributed by atoms with van der Waals surface area (Å²) in [4.78, 5) is 0. The van der Waals surface area contributed by atoms with Crippen molar-refractivity contribution in [3.8, 4) is 0 Å². The second-order valence-electron chi connectivity index (χ2n) is 7.72. The Kier molecular flexibility index (Phi) is 3.24. The summed E-state index contributed by atoms with van der Waals surface area (Å²) >= 11 is 0. The van der Waals surface area contributed by atoms with E-state index in [4.69, 9.17) is 0 Å². The molecule has 1 heteroatoms. The van der Waals surface area contributed by atoms with Gasteiger partial charge in [-0.25, -0.2) is 0 Å². The van der Waals surface area contributed by atoms with Crippen molar-refractivity contribution >= 4 is 20.2 Å². The van der Waals surface area contributed by atoms with Crippen LogP contribution in [0.25, 0.3) is 12.2 Å². The van der Waals surface area contributed by atoms with Crippen LogP contribution in [0.4, 0.5) is 0 Å². The molecule has 0 radical (unpaired) electrons. The van der Waals surface area contributed by atoms with Crippen molar-refractivity contribution < 1.29 is 0 Å². The molecule has 2 atom stereocenters. The molecular formula is C22H24Si. The lowest BCUT2D eigenvalue weighted by Gasteiger charge is -2.39. The number of rotatable bonds is 2. The Hall–Kier alpha value is -1.86. The molecule has 0 bridgehead atoms. The van der Waals surface area contributed by atoms with Gasteiger partial charge in [-0.15, -0.1) is 0 Å². The third kappa shape index (κ3) is 2.10. The fourth-order valence-corrected chi connectivity index (χ4v) is 10.1. The highest BCUT2D eigenvalue weighted by atomic mass is 28.3. The lowest BCUT2D eigenvalue weighted by molar-refractivity contribution is 0.968. The molecule has 0 N–H and O–H groups in total. The maximum absolute atomic E-state index is 2.58. The number of benzene rings is 2. The lowest BCUT2D eigenvalue weighted by Crippen LogP contribution is -2.42. The first kappa shape index (κ1) is 14.7. The number of hydrogen-bond donors (Lipinski definition) is 0. The van der Waals surface area contributed by atoms with Crippen LogP contribution in [0, 0.1) is 0 Å². The summed E-state index contributed by atoms with van der Waals surface area (Å²) in [6, 6.07) is 18.0. The highest BCUT2D eigenvalue weighted by Gasteiger charge is 2.46. The Morgan fingerprint density at radius 1 is 0.652 bits per heavy atom. The van der Waals surface area contributed by atoms with Crippen LogP contribution in [0.3, 0.4) is 0 Å². The Morgan fingerprint density at radius 2 is 1.04 bits per heavy atom. The van der Waals surface area contributed by atoms with Crippen molar-refractivity contribution in [3.05, 3.63) is 81.9 Å². The molecule has 4 rings (SSSR count). The summed E-state index contributed by atoms with van der Waals surface area (Å²) in [6.07, 6.45) is 4.82. The smallest absolute Gasteiger partial charge is 0.0679 e. The quantitative estimate of drug-likeness (QED) is 0.581. The van der Waals surface area contributed by atoms with E-state index in [0.29, 0.717) is 11.1 Å². The first-order chi connectivity index (χ1) is 11.0. The van der Waals surface area contributed by atoms with Gasteiger partial charge < -0.3 is 0 Å². The minimum absolute atomic E-state index is 0.623. The van der Waals surface area contributed by atoms with Gasteiger partial charge >= 0.3 is 0 Å². The third-order valence-corrected chi connectivity index (χ3v) is 10.3. The van der Waals surface area contributed by atoms with Gasteiger partial charge in [0.05, 0.1) is 8.07 Å². The summed E-state index contributed by atoms with van der Waals surface area (Å²) in [6.45, 7) is 9.83. The van der Waals surface area contributed by atoms with Gasteiger partial charge in [0.25, 0.3) is 0 Å². The van der Waals surface area contributed by atoms with Gasteiger partial charge in [-0.1, -0.05) is 84.9 Å². The fraction of sp³-hybridized carbons (Fsp3) is 0.273. The molecule has 0 fully saturated rings. The first-order valence-corrected chi connectivity index (χ1v) is 11.7. The summed E-state index contributed by atoms with van der Waals surface area (Å²) < 4.78 is 0. The van der Waals surface area contributed by atoms with E-state index in [-0.39, 0.29) is 0 Å². The Labute approximate surface area is 140 Å². The lowest BCUT2D eigenvalue weighted by atomic mass is 10.1.